The van der Waals surface area contributed by atoms with Crippen LogP contribution in [0.4, 0.5) is 0 Å². The third kappa shape index (κ3) is 5.04. The predicted octanol–water partition coefficient (Wildman–Crippen LogP) is 1.70. The Morgan fingerprint density at radius 2 is 2.00 bits per heavy atom. The molecule has 1 atom stereocenters. The van der Waals surface area contributed by atoms with E-state index in [9.17, 15) is 18.0 Å². The fraction of sp³-hybridized carbons (Fsp3) is 0.467. The number of aliphatic carboxylic acids is 1. The molecule has 0 aliphatic rings. The first-order valence-electron chi connectivity index (χ1n) is 7.17. The SMILES string of the molecule is CCCCC(NS(=O)(=O)c1ccc(C(=O)OC)cc1C)C(=O)O. The van der Waals surface area contributed by atoms with Crippen LogP contribution in [0.3, 0.4) is 0 Å². The summed E-state index contributed by atoms with van der Waals surface area (Å²) in [6.45, 7) is 3.42. The maximum Gasteiger partial charge on any atom is 0.337 e. The van der Waals surface area contributed by atoms with Crippen LogP contribution in [0.5, 0.6) is 0 Å². The molecule has 0 saturated carbocycles. The number of nitrogens with one attached hydrogen (secondary N) is 1. The highest BCUT2D eigenvalue weighted by Crippen LogP contribution is 2.18. The number of benzene rings is 1. The summed E-state index contributed by atoms with van der Waals surface area (Å²) in [4.78, 5) is 22.6. The van der Waals surface area contributed by atoms with Crippen molar-refractivity contribution < 1.29 is 27.9 Å². The van der Waals surface area contributed by atoms with Gasteiger partial charge in [0.25, 0.3) is 0 Å². The van der Waals surface area contributed by atoms with Crippen molar-refractivity contribution in [1.82, 2.24) is 4.72 Å². The summed E-state index contributed by atoms with van der Waals surface area (Å²) in [5, 5.41) is 9.14. The Kier molecular flexibility index (Phi) is 6.71. The van der Waals surface area contributed by atoms with Gasteiger partial charge in [0.05, 0.1) is 17.6 Å². The molecule has 0 radical (unpaired) electrons. The van der Waals surface area contributed by atoms with Crippen molar-refractivity contribution in [2.45, 2.75) is 44.0 Å². The molecule has 1 unspecified atom stereocenters. The molecule has 0 bridgehead atoms. The smallest absolute Gasteiger partial charge is 0.337 e. The lowest BCUT2D eigenvalue weighted by molar-refractivity contribution is -0.139. The van der Waals surface area contributed by atoms with E-state index in [0.29, 0.717) is 12.0 Å². The molecule has 0 aliphatic carbocycles. The van der Waals surface area contributed by atoms with E-state index >= 15 is 0 Å². The van der Waals surface area contributed by atoms with Gasteiger partial charge in [-0.05, 0) is 37.1 Å². The lowest BCUT2D eigenvalue weighted by atomic mass is 10.1. The maximum absolute atomic E-state index is 12.4. The van der Waals surface area contributed by atoms with Crippen LogP contribution in [-0.2, 0) is 19.6 Å². The molecule has 0 amide bonds. The zero-order chi connectivity index (χ0) is 17.6. The number of rotatable bonds is 8. The highest BCUT2D eigenvalue weighted by molar-refractivity contribution is 7.89. The quantitative estimate of drug-likeness (QED) is 0.695. The number of aryl methyl sites for hydroxylation is 1. The van der Waals surface area contributed by atoms with Crippen molar-refractivity contribution >= 4 is 22.0 Å². The van der Waals surface area contributed by atoms with Crippen LogP contribution in [-0.4, -0.2) is 38.6 Å². The average Bonchev–Trinajstić information content (AvgIpc) is 2.49. The Bertz CT molecular complexity index is 683. The number of unbranched alkanes of at least 4 members (excludes halogenated alkanes) is 1. The molecule has 0 saturated heterocycles. The molecule has 0 fully saturated rings. The Morgan fingerprint density at radius 1 is 1.35 bits per heavy atom. The van der Waals surface area contributed by atoms with E-state index in [1.54, 1.807) is 0 Å². The molecule has 0 aromatic heterocycles. The number of hydrogen-bond acceptors (Lipinski definition) is 5. The van der Waals surface area contributed by atoms with Gasteiger partial charge in [-0.15, -0.1) is 0 Å². The van der Waals surface area contributed by atoms with Gasteiger partial charge in [0, 0.05) is 0 Å². The number of hydrogen-bond donors (Lipinski definition) is 2. The Morgan fingerprint density at radius 3 is 2.48 bits per heavy atom. The summed E-state index contributed by atoms with van der Waals surface area (Å²) in [5.41, 5.74) is 0.560. The molecule has 0 heterocycles. The van der Waals surface area contributed by atoms with Crippen LogP contribution >= 0.6 is 0 Å². The molecule has 2 N–H and O–H groups in total. The van der Waals surface area contributed by atoms with Crippen molar-refractivity contribution in [3.8, 4) is 0 Å². The topological polar surface area (TPSA) is 110 Å². The molecule has 0 spiro atoms. The molecule has 1 aromatic carbocycles. The number of carboxylic acids is 1. The largest absolute Gasteiger partial charge is 0.480 e. The second kappa shape index (κ2) is 8.07. The summed E-state index contributed by atoms with van der Waals surface area (Å²) in [6.07, 6.45) is 1.57. The first-order valence-corrected chi connectivity index (χ1v) is 8.65. The number of sulfonamides is 1. The Balaban J connectivity index is 3.08. The molecule has 7 nitrogen and oxygen atoms in total. The van der Waals surface area contributed by atoms with E-state index in [1.807, 2.05) is 6.92 Å². The highest BCUT2D eigenvalue weighted by atomic mass is 32.2. The maximum atomic E-state index is 12.4. The van der Waals surface area contributed by atoms with E-state index in [4.69, 9.17) is 5.11 Å². The fourth-order valence-electron chi connectivity index (χ4n) is 2.09. The minimum Gasteiger partial charge on any atom is -0.480 e. The molecule has 8 heteroatoms. The second-order valence-electron chi connectivity index (χ2n) is 5.13. The van der Waals surface area contributed by atoms with Gasteiger partial charge in [-0.25, -0.2) is 13.2 Å². The van der Waals surface area contributed by atoms with Crippen LogP contribution in [0.2, 0.25) is 0 Å². The fourth-order valence-corrected chi connectivity index (χ4v) is 3.54. The third-order valence-electron chi connectivity index (χ3n) is 3.33. The monoisotopic (exact) mass is 343 g/mol. The van der Waals surface area contributed by atoms with E-state index in [1.165, 1.54) is 32.2 Å². The molecule has 1 rings (SSSR count). The number of esters is 1. The molecule has 128 valence electrons. The molecule has 23 heavy (non-hydrogen) atoms. The lowest BCUT2D eigenvalue weighted by Crippen LogP contribution is -2.40. The summed E-state index contributed by atoms with van der Waals surface area (Å²) in [6, 6.07) is 2.81. The van der Waals surface area contributed by atoms with Gasteiger partial charge >= 0.3 is 11.9 Å². The van der Waals surface area contributed by atoms with E-state index in [-0.39, 0.29) is 16.9 Å². The van der Waals surface area contributed by atoms with Gasteiger partial charge in [-0.2, -0.15) is 4.72 Å². The summed E-state index contributed by atoms with van der Waals surface area (Å²) >= 11 is 0. The van der Waals surface area contributed by atoms with Gasteiger partial charge in [-0.3, -0.25) is 4.79 Å². The number of methoxy groups -OCH3 is 1. The van der Waals surface area contributed by atoms with Crippen molar-refractivity contribution in [2.75, 3.05) is 7.11 Å². The van der Waals surface area contributed by atoms with Gasteiger partial charge in [0.2, 0.25) is 10.0 Å². The molecular weight excluding hydrogens is 322 g/mol. The van der Waals surface area contributed by atoms with Crippen LogP contribution in [0, 0.1) is 6.92 Å². The normalized spacial score (nSPS) is 12.7. The lowest BCUT2D eigenvalue weighted by Gasteiger charge is -2.16. The first kappa shape index (κ1) is 19.1. The Labute approximate surface area is 135 Å². The number of ether oxygens (including phenoxy) is 1. The van der Waals surface area contributed by atoms with E-state index in [0.717, 1.165) is 6.42 Å². The molecule has 0 aliphatic heterocycles. The second-order valence-corrected chi connectivity index (χ2v) is 6.81. The molecular formula is C15H21NO6S. The van der Waals surface area contributed by atoms with Crippen molar-refractivity contribution in [3.63, 3.8) is 0 Å². The minimum absolute atomic E-state index is 0.0621. The van der Waals surface area contributed by atoms with Crippen molar-refractivity contribution in [1.29, 1.82) is 0 Å². The highest BCUT2D eigenvalue weighted by Gasteiger charge is 2.26. The third-order valence-corrected chi connectivity index (χ3v) is 4.96. The number of carbonyl (C=O) groups is 2. The first-order chi connectivity index (χ1) is 10.7. The van der Waals surface area contributed by atoms with Crippen molar-refractivity contribution in [3.05, 3.63) is 29.3 Å². The van der Waals surface area contributed by atoms with Crippen LogP contribution < -0.4 is 4.72 Å². The summed E-state index contributed by atoms with van der Waals surface area (Å²) < 4.78 is 31.6. The van der Waals surface area contributed by atoms with Crippen LogP contribution in [0.1, 0.15) is 42.1 Å². The van der Waals surface area contributed by atoms with Crippen LogP contribution in [0.25, 0.3) is 0 Å². The minimum atomic E-state index is -4.00. The number of carboxylic acid groups (broad SMARTS) is 1. The summed E-state index contributed by atoms with van der Waals surface area (Å²) in [7, 11) is -2.77. The number of carbonyl (C=O) groups excluding carboxylic acids is 1. The summed E-state index contributed by atoms with van der Waals surface area (Å²) in [5.74, 6) is -1.79. The zero-order valence-corrected chi connectivity index (χ0v) is 14.1. The zero-order valence-electron chi connectivity index (χ0n) is 13.3. The van der Waals surface area contributed by atoms with Crippen molar-refractivity contribution in [2.24, 2.45) is 0 Å². The van der Waals surface area contributed by atoms with Gasteiger partial charge < -0.3 is 9.84 Å². The van der Waals surface area contributed by atoms with Gasteiger partial charge in [0.15, 0.2) is 0 Å². The van der Waals surface area contributed by atoms with Crippen LogP contribution in [0.15, 0.2) is 23.1 Å². The predicted molar refractivity (Wildman–Crippen MR) is 83.8 cm³/mol. The standard InChI is InChI=1S/C15H21NO6S/c1-4-5-6-12(14(17)18)16-23(20,21)13-8-7-11(9-10(13)2)15(19)22-3/h7-9,12,16H,4-6H2,1-3H3,(H,17,18). The van der Waals surface area contributed by atoms with E-state index in [2.05, 4.69) is 9.46 Å². The van der Waals surface area contributed by atoms with Gasteiger partial charge in [-0.1, -0.05) is 19.8 Å². The van der Waals surface area contributed by atoms with Gasteiger partial charge in [0.1, 0.15) is 6.04 Å². The average molecular weight is 343 g/mol. The Hall–Kier alpha value is -1.93. The van der Waals surface area contributed by atoms with E-state index < -0.39 is 28.0 Å². The molecule has 1 aromatic rings.